The van der Waals surface area contributed by atoms with Gasteiger partial charge in [0.05, 0.1) is 12.0 Å². The predicted octanol–water partition coefficient (Wildman–Crippen LogP) is 3.37. The van der Waals surface area contributed by atoms with Crippen molar-refractivity contribution in [2.45, 2.75) is 57.2 Å². The van der Waals surface area contributed by atoms with Crippen LogP contribution in [0.2, 0.25) is 0 Å². The highest BCUT2D eigenvalue weighted by atomic mass is 15.2. The van der Waals surface area contributed by atoms with E-state index < -0.39 is 0 Å². The smallest absolute Gasteiger partial charge is 0.0991 e. The number of nitrogens with zero attached hydrogens (tertiary/aromatic N) is 3. The normalized spacial score (nSPS) is 27.8. The van der Waals surface area contributed by atoms with Gasteiger partial charge in [0.15, 0.2) is 0 Å². The molecule has 1 saturated carbocycles. The summed E-state index contributed by atoms with van der Waals surface area (Å²) in [6, 6.07) is 9.25. The summed E-state index contributed by atoms with van der Waals surface area (Å²) in [4.78, 5) is 6.87. The lowest BCUT2D eigenvalue weighted by atomic mass is 9.78. The lowest BCUT2D eigenvalue weighted by Gasteiger charge is -2.50. The van der Waals surface area contributed by atoms with Crippen molar-refractivity contribution in [2.75, 3.05) is 13.1 Å². The fraction of sp³-hybridized carbons (Fsp3) is 0.550. The molecule has 4 heteroatoms. The third-order valence-electron chi connectivity index (χ3n) is 6.04. The van der Waals surface area contributed by atoms with Crippen molar-refractivity contribution in [1.29, 1.82) is 0 Å². The van der Waals surface area contributed by atoms with Crippen molar-refractivity contribution in [3.8, 4) is 5.69 Å². The van der Waals surface area contributed by atoms with Crippen molar-refractivity contribution in [3.05, 3.63) is 48.5 Å². The largest absolute Gasteiger partial charge is 0.310 e. The third kappa shape index (κ3) is 3.13. The minimum Gasteiger partial charge on any atom is -0.310 e. The SMILES string of the molecule is CC1(N2CCC2)CCC(NCc2ccccc2-n2ccnc2)CC1. The van der Waals surface area contributed by atoms with Crippen LogP contribution in [0.15, 0.2) is 43.0 Å². The summed E-state index contributed by atoms with van der Waals surface area (Å²) in [7, 11) is 0. The Labute approximate surface area is 144 Å². The minimum atomic E-state index is 0.463. The lowest BCUT2D eigenvalue weighted by molar-refractivity contribution is 0.00857. The first-order valence-corrected chi connectivity index (χ1v) is 9.29. The number of imidazole rings is 1. The van der Waals surface area contributed by atoms with Crippen LogP contribution in [0.4, 0.5) is 0 Å². The van der Waals surface area contributed by atoms with E-state index in [0.29, 0.717) is 11.6 Å². The Balaban J connectivity index is 1.35. The number of hydrogen-bond acceptors (Lipinski definition) is 3. The van der Waals surface area contributed by atoms with E-state index in [1.807, 2.05) is 18.7 Å². The molecule has 0 radical (unpaired) electrons. The second-order valence-electron chi connectivity index (χ2n) is 7.59. The molecule has 128 valence electrons. The van der Waals surface area contributed by atoms with Gasteiger partial charge in [-0.05, 0) is 63.7 Å². The second-order valence-corrected chi connectivity index (χ2v) is 7.59. The Morgan fingerprint density at radius 3 is 2.67 bits per heavy atom. The molecule has 1 aliphatic carbocycles. The number of benzene rings is 1. The lowest BCUT2D eigenvalue weighted by Crippen LogP contribution is -2.56. The Bertz CT molecular complexity index is 652. The summed E-state index contributed by atoms with van der Waals surface area (Å²) in [6.07, 6.45) is 12.3. The van der Waals surface area contributed by atoms with E-state index in [2.05, 4.69) is 51.0 Å². The molecule has 0 spiro atoms. The predicted molar refractivity (Wildman–Crippen MR) is 97.3 cm³/mol. The van der Waals surface area contributed by atoms with Gasteiger partial charge in [0.1, 0.15) is 0 Å². The maximum Gasteiger partial charge on any atom is 0.0991 e. The van der Waals surface area contributed by atoms with E-state index in [9.17, 15) is 0 Å². The molecule has 2 aromatic rings. The number of hydrogen-bond donors (Lipinski definition) is 1. The average molecular weight is 324 g/mol. The van der Waals surface area contributed by atoms with Gasteiger partial charge < -0.3 is 9.88 Å². The highest BCUT2D eigenvalue weighted by Gasteiger charge is 2.38. The van der Waals surface area contributed by atoms with Gasteiger partial charge in [0.25, 0.3) is 0 Å². The van der Waals surface area contributed by atoms with Crippen LogP contribution < -0.4 is 5.32 Å². The van der Waals surface area contributed by atoms with Crippen molar-refractivity contribution in [1.82, 2.24) is 19.8 Å². The minimum absolute atomic E-state index is 0.463. The van der Waals surface area contributed by atoms with Crippen LogP contribution in [0.1, 0.15) is 44.6 Å². The molecule has 1 aromatic heterocycles. The van der Waals surface area contributed by atoms with Gasteiger partial charge in [-0.15, -0.1) is 0 Å². The molecule has 1 N–H and O–H groups in total. The standard InChI is InChI=1S/C20H28N4/c1-20(24-12-4-13-24)9-7-18(8-10-20)22-15-17-5-2-3-6-19(17)23-14-11-21-16-23/h2-3,5-6,11,14,16,18,22H,4,7-10,12-13,15H2,1H3. The van der Waals surface area contributed by atoms with Gasteiger partial charge in [0, 0.05) is 30.5 Å². The number of likely N-dealkylation sites (tertiary alicyclic amines) is 1. The van der Waals surface area contributed by atoms with Crippen LogP contribution in [0.5, 0.6) is 0 Å². The first kappa shape index (κ1) is 15.9. The van der Waals surface area contributed by atoms with Crippen LogP contribution in [0.25, 0.3) is 5.69 Å². The van der Waals surface area contributed by atoms with Gasteiger partial charge in [-0.25, -0.2) is 4.98 Å². The summed E-state index contributed by atoms with van der Waals surface area (Å²) in [5.41, 5.74) is 3.03. The van der Waals surface area contributed by atoms with Gasteiger partial charge in [-0.1, -0.05) is 18.2 Å². The van der Waals surface area contributed by atoms with E-state index in [-0.39, 0.29) is 0 Å². The first-order valence-electron chi connectivity index (χ1n) is 9.29. The highest BCUT2D eigenvalue weighted by Crippen LogP contribution is 2.36. The van der Waals surface area contributed by atoms with Gasteiger partial charge in [-0.2, -0.15) is 0 Å². The summed E-state index contributed by atoms with van der Waals surface area (Å²) in [5.74, 6) is 0. The molecule has 2 aliphatic rings. The molecule has 2 fully saturated rings. The van der Waals surface area contributed by atoms with Crippen molar-refractivity contribution in [2.24, 2.45) is 0 Å². The maximum atomic E-state index is 4.17. The summed E-state index contributed by atoms with van der Waals surface area (Å²) < 4.78 is 2.10. The van der Waals surface area contributed by atoms with Gasteiger partial charge in [-0.3, -0.25) is 4.90 Å². The molecular weight excluding hydrogens is 296 g/mol. The first-order chi connectivity index (χ1) is 11.7. The summed E-state index contributed by atoms with van der Waals surface area (Å²) in [5, 5.41) is 3.80. The molecule has 4 nitrogen and oxygen atoms in total. The molecule has 1 aliphatic heterocycles. The molecule has 2 heterocycles. The van der Waals surface area contributed by atoms with E-state index in [1.165, 1.54) is 56.4 Å². The summed E-state index contributed by atoms with van der Waals surface area (Å²) in [6.45, 7) is 6.02. The zero-order valence-electron chi connectivity index (χ0n) is 14.6. The van der Waals surface area contributed by atoms with Gasteiger partial charge in [0.2, 0.25) is 0 Å². The van der Waals surface area contributed by atoms with E-state index >= 15 is 0 Å². The third-order valence-corrected chi connectivity index (χ3v) is 6.04. The fourth-order valence-electron chi connectivity index (χ4n) is 4.18. The molecular formula is C20H28N4. The van der Waals surface area contributed by atoms with E-state index in [0.717, 1.165) is 6.54 Å². The molecule has 1 aromatic carbocycles. The number of para-hydroxylation sites is 1. The van der Waals surface area contributed by atoms with Crippen molar-refractivity contribution in [3.63, 3.8) is 0 Å². The van der Waals surface area contributed by atoms with E-state index in [4.69, 9.17) is 0 Å². The molecule has 1 saturated heterocycles. The highest BCUT2D eigenvalue weighted by molar-refractivity contribution is 5.40. The maximum absolute atomic E-state index is 4.17. The zero-order valence-corrected chi connectivity index (χ0v) is 14.6. The van der Waals surface area contributed by atoms with Crippen LogP contribution in [-0.2, 0) is 6.54 Å². The number of rotatable bonds is 5. The summed E-state index contributed by atoms with van der Waals surface area (Å²) >= 11 is 0. The Morgan fingerprint density at radius 2 is 2.00 bits per heavy atom. The monoisotopic (exact) mass is 324 g/mol. The van der Waals surface area contributed by atoms with Crippen LogP contribution in [0.3, 0.4) is 0 Å². The molecule has 0 unspecified atom stereocenters. The molecule has 24 heavy (non-hydrogen) atoms. The number of nitrogens with one attached hydrogen (secondary N) is 1. The number of aromatic nitrogens is 2. The zero-order chi connectivity index (χ0) is 16.4. The molecule has 0 atom stereocenters. The van der Waals surface area contributed by atoms with Crippen molar-refractivity contribution >= 4 is 0 Å². The molecule has 0 amide bonds. The fourth-order valence-corrected chi connectivity index (χ4v) is 4.18. The Kier molecular flexibility index (Phi) is 4.42. The molecule has 4 rings (SSSR count). The van der Waals surface area contributed by atoms with Crippen LogP contribution >= 0.6 is 0 Å². The van der Waals surface area contributed by atoms with Crippen LogP contribution in [0, 0.1) is 0 Å². The topological polar surface area (TPSA) is 33.1 Å². The Hall–Kier alpha value is -1.65. The second kappa shape index (κ2) is 6.69. The van der Waals surface area contributed by atoms with E-state index in [1.54, 1.807) is 0 Å². The van der Waals surface area contributed by atoms with Crippen molar-refractivity contribution < 1.29 is 0 Å². The average Bonchev–Trinajstić information content (AvgIpc) is 3.07. The van der Waals surface area contributed by atoms with Crippen LogP contribution in [-0.4, -0.2) is 39.1 Å². The Morgan fingerprint density at radius 1 is 1.21 bits per heavy atom. The molecule has 0 bridgehead atoms. The van der Waals surface area contributed by atoms with Gasteiger partial charge >= 0.3 is 0 Å². The quantitative estimate of drug-likeness (QED) is 0.915.